The second kappa shape index (κ2) is 11.4. The number of hydrazone groups is 1. The Morgan fingerprint density at radius 2 is 1.93 bits per heavy atom. The Kier molecular flexibility index (Phi) is 10.9. The Morgan fingerprint density at radius 3 is 2.60 bits per heavy atom. The van der Waals surface area contributed by atoms with Gasteiger partial charge in [-0.25, -0.2) is 0 Å². The predicted octanol–water partition coefficient (Wildman–Crippen LogP) is 2.82. The third-order valence-electron chi connectivity index (χ3n) is 2.01. The molecule has 0 radical (unpaired) electrons. The number of thiocarbonyl (C=S) groups is 1. The number of nitrogens with one attached hydrogen (secondary N) is 2. The molecule has 2 N–H and O–H groups in total. The first-order chi connectivity index (χ1) is 7.31. The maximum absolute atomic E-state index is 5.03. The molecule has 0 aromatic heterocycles. The van der Waals surface area contributed by atoms with Crippen LogP contribution >= 0.6 is 12.2 Å². The summed E-state index contributed by atoms with van der Waals surface area (Å²) in [6.07, 6.45) is 8.96. The average Bonchev–Trinajstić information content (AvgIpc) is 2.23. The summed E-state index contributed by atoms with van der Waals surface area (Å²) < 4.78 is 0. The van der Waals surface area contributed by atoms with Gasteiger partial charge in [-0.2, -0.15) is 5.10 Å². The van der Waals surface area contributed by atoms with E-state index in [1.165, 1.54) is 25.7 Å². The Bertz CT molecular complexity index is 181. The number of rotatable bonds is 8. The smallest absolute Gasteiger partial charge is 0.186 e. The highest BCUT2D eigenvalue weighted by Gasteiger charge is 1.90. The van der Waals surface area contributed by atoms with Gasteiger partial charge in [0.1, 0.15) is 0 Å². The molecule has 0 aromatic carbocycles. The summed E-state index contributed by atoms with van der Waals surface area (Å²) in [5.74, 6) is 0. The van der Waals surface area contributed by atoms with Gasteiger partial charge in [0.25, 0.3) is 0 Å². The van der Waals surface area contributed by atoms with Crippen molar-refractivity contribution >= 4 is 23.5 Å². The minimum atomic E-state index is 0.621. The average molecular weight is 229 g/mol. The Morgan fingerprint density at radius 1 is 1.20 bits per heavy atom. The number of hydrogen-bond donors (Lipinski definition) is 2. The van der Waals surface area contributed by atoms with Gasteiger partial charge in [0.05, 0.1) is 0 Å². The Balaban J connectivity index is 3.28. The molecule has 3 nitrogen and oxygen atoms in total. The van der Waals surface area contributed by atoms with Gasteiger partial charge >= 0.3 is 0 Å². The first-order valence-corrected chi connectivity index (χ1v) is 6.27. The quantitative estimate of drug-likeness (QED) is 0.291. The van der Waals surface area contributed by atoms with Crippen molar-refractivity contribution in [1.82, 2.24) is 10.7 Å². The zero-order valence-electron chi connectivity index (χ0n) is 9.88. The van der Waals surface area contributed by atoms with Crippen LogP contribution in [-0.4, -0.2) is 17.9 Å². The van der Waals surface area contributed by atoms with Gasteiger partial charge in [-0.15, -0.1) is 0 Å². The van der Waals surface area contributed by atoms with Crippen molar-refractivity contribution in [2.75, 3.05) is 6.54 Å². The van der Waals surface area contributed by atoms with E-state index in [4.69, 9.17) is 12.2 Å². The van der Waals surface area contributed by atoms with E-state index in [0.717, 1.165) is 19.4 Å². The summed E-state index contributed by atoms with van der Waals surface area (Å²) in [4.78, 5) is 0. The molecule has 0 unspecified atom stereocenters. The van der Waals surface area contributed by atoms with Crippen molar-refractivity contribution in [1.29, 1.82) is 0 Å². The molecule has 0 saturated heterocycles. The summed E-state index contributed by atoms with van der Waals surface area (Å²) in [7, 11) is 0. The molecule has 88 valence electrons. The molecule has 0 heterocycles. The van der Waals surface area contributed by atoms with Crippen LogP contribution in [-0.2, 0) is 0 Å². The Hall–Kier alpha value is -0.640. The number of nitrogens with zero attached hydrogens (tertiary/aromatic N) is 1. The van der Waals surface area contributed by atoms with Crippen LogP contribution in [0.15, 0.2) is 5.10 Å². The predicted molar refractivity (Wildman–Crippen MR) is 71.3 cm³/mol. The standard InChI is InChI=1S/C11H23N3S/c1-3-5-7-8-10-13-14-11(15)12-9-6-4-2/h10H,3-9H2,1-2H3,(H2,12,14,15). The van der Waals surface area contributed by atoms with Crippen LogP contribution < -0.4 is 10.7 Å². The molecule has 0 bridgehead atoms. The third kappa shape index (κ3) is 11.3. The molecule has 0 aliphatic heterocycles. The minimum absolute atomic E-state index is 0.621. The van der Waals surface area contributed by atoms with Crippen LogP contribution in [0.5, 0.6) is 0 Å². The van der Waals surface area contributed by atoms with Crippen molar-refractivity contribution in [2.45, 2.75) is 52.4 Å². The highest BCUT2D eigenvalue weighted by atomic mass is 32.1. The molecule has 15 heavy (non-hydrogen) atoms. The van der Waals surface area contributed by atoms with E-state index in [-0.39, 0.29) is 0 Å². The minimum Gasteiger partial charge on any atom is -0.361 e. The second-order valence-electron chi connectivity index (χ2n) is 3.53. The molecular weight excluding hydrogens is 206 g/mol. The summed E-state index contributed by atoms with van der Waals surface area (Å²) in [5.41, 5.74) is 2.81. The van der Waals surface area contributed by atoms with Crippen LogP contribution in [0, 0.1) is 0 Å². The van der Waals surface area contributed by atoms with Crippen LogP contribution in [0.4, 0.5) is 0 Å². The molecule has 0 atom stereocenters. The molecule has 0 saturated carbocycles. The Labute approximate surface area is 98.7 Å². The molecule has 0 fully saturated rings. The largest absolute Gasteiger partial charge is 0.361 e. The summed E-state index contributed by atoms with van der Waals surface area (Å²) >= 11 is 5.03. The van der Waals surface area contributed by atoms with Crippen molar-refractivity contribution in [2.24, 2.45) is 5.10 Å². The molecule has 0 amide bonds. The first-order valence-electron chi connectivity index (χ1n) is 5.86. The van der Waals surface area contributed by atoms with E-state index in [0.29, 0.717) is 5.11 Å². The number of hydrogen-bond acceptors (Lipinski definition) is 2. The number of unbranched alkanes of at least 4 members (excludes halogenated alkanes) is 4. The van der Waals surface area contributed by atoms with E-state index >= 15 is 0 Å². The zero-order valence-corrected chi connectivity index (χ0v) is 10.7. The van der Waals surface area contributed by atoms with Crippen LogP contribution in [0.1, 0.15) is 52.4 Å². The molecular formula is C11H23N3S. The van der Waals surface area contributed by atoms with Gasteiger partial charge in [-0.05, 0) is 31.5 Å². The van der Waals surface area contributed by atoms with E-state index in [1.54, 1.807) is 0 Å². The molecule has 0 aliphatic rings. The summed E-state index contributed by atoms with van der Waals surface area (Å²) in [5, 5.41) is 7.76. The fourth-order valence-corrected chi connectivity index (χ4v) is 1.23. The van der Waals surface area contributed by atoms with Crippen molar-refractivity contribution < 1.29 is 0 Å². The van der Waals surface area contributed by atoms with Gasteiger partial charge in [-0.3, -0.25) is 5.43 Å². The molecule has 0 spiro atoms. The lowest BCUT2D eigenvalue weighted by Crippen LogP contribution is -2.32. The first kappa shape index (κ1) is 14.4. The van der Waals surface area contributed by atoms with Crippen LogP contribution in [0.3, 0.4) is 0 Å². The molecule has 4 heteroatoms. The second-order valence-corrected chi connectivity index (χ2v) is 3.94. The lowest BCUT2D eigenvalue weighted by Gasteiger charge is -2.05. The lowest BCUT2D eigenvalue weighted by molar-refractivity contribution is 0.738. The monoisotopic (exact) mass is 229 g/mol. The SMILES string of the molecule is CCCCCC=NNC(=S)NCCCC. The highest BCUT2D eigenvalue weighted by molar-refractivity contribution is 7.80. The molecule has 0 rings (SSSR count). The summed E-state index contributed by atoms with van der Waals surface area (Å²) in [6, 6.07) is 0. The van der Waals surface area contributed by atoms with Crippen molar-refractivity contribution in [3.05, 3.63) is 0 Å². The van der Waals surface area contributed by atoms with Crippen molar-refractivity contribution in [3.8, 4) is 0 Å². The zero-order chi connectivity index (χ0) is 11.4. The highest BCUT2D eigenvalue weighted by Crippen LogP contribution is 1.95. The fourth-order valence-electron chi connectivity index (χ4n) is 1.07. The van der Waals surface area contributed by atoms with Crippen molar-refractivity contribution in [3.63, 3.8) is 0 Å². The van der Waals surface area contributed by atoms with Gasteiger partial charge in [-0.1, -0.05) is 33.1 Å². The van der Waals surface area contributed by atoms with E-state index in [9.17, 15) is 0 Å². The lowest BCUT2D eigenvalue weighted by atomic mass is 10.2. The summed E-state index contributed by atoms with van der Waals surface area (Å²) in [6.45, 7) is 5.28. The molecule has 0 aliphatic carbocycles. The maximum Gasteiger partial charge on any atom is 0.186 e. The van der Waals surface area contributed by atoms with E-state index < -0.39 is 0 Å². The van der Waals surface area contributed by atoms with Crippen LogP contribution in [0.25, 0.3) is 0 Å². The molecule has 0 aromatic rings. The van der Waals surface area contributed by atoms with Crippen LogP contribution in [0.2, 0.25) is 0 Å². The van der Waals surface area contributed by atoms with E-state index in [2.05, 4.69) is 29.7 Å². The van der Waals surface area contributed by atoms with Gasteiger partial charge in [0.2, 0.25) is 0 Å². The maximum atomic E-state index is 5.03. The van der Waals surface area contributed by atoms with E-state index in [1.807, 2.05) is 6.21 Å². The van der Waals surface area contributed by atoms with Gasteiger partial charge < -0.3 is 5.32 Å². The third-order valence-corrected chi connectivity index (χ3v) is 2.25. The topological polar surface area (TPSA) is 36.4 Å². The fraction of sp³-hybridized carbons (Fsp3) is 0.818. The normalized spacial score (nSPS) is 10.5. The van der Waals surface area contributed by atoms with Gasteiger partial charge in [0, 0.05) is 12.8 Å². The van der Waals surface area contributed by atoms with Gasteiger partial charge in [0.15, 0.2) is 5.11 Å².